The van der Waals surface area contributed by atoms with Crippen molar-refractivity contribution in [2.24, 2.45) is 0 Å². The number of amides is 2. The van der Waals surface area contributed by atoms with Crippen molar-refractivity contribution in [1.82, 2.24) is 0 Å². The predicted molar refractivity (Wildman–Crippen MR) is 104 cm³/mol. The normalized spacial score (nSPS) is 11.9. The summed E-state index contributed by atoms with van der Waals surface area (Å²) in [6, 6.07) is 13.0. The van der Waals surface area contributed by atoms with Gasteiger partial charge >= 0.3 is 0 Å². The van der Waals surface area contributed by atoms with Crippen molar-refractivity contribution in [3.63, 3.8) is 0 Å². The third kappa shape index (κ3) is 7.54. The van der Waals surface area contributed by atoms with E-state index in [2.05, 4.69) is 10.6 Å². The minimum atomic E-state index is -2.49. The second kappa shape index (κ2) is 10.2. The number of carbonyl (C=O) groups is 2. The maximum Gasteiger partial charge on any atom is 0.288 e. The van der Waals surface area contributed by atoms with Crippen molar-refractivity contribution in [2.75, 3.05) is 30.8 Å². The Labute approximate surface area is 165 Å². The van der Waals surface area contributed by atoms with Gasteiger partial charge in [-0.3, -0.25) is 9.59 Å². The molecule has 0 spiro atoms. The van der Waals surface area contributed by atoms with Crippen molar-refractivity contribution in [2.45, 2.75) is 10.7 Å². The lowest BCUT2D eigenvalue weighted by Gasteiger charge is -2.14. The van der Waals surface area contributed by atoms with Crippen molar-refractivity contribution in [3.05, 3.63) is 53.6 Å². The van der Waals surface area contributed by atoms with Gasteiger partial charge in [-0.15, -0.1) is 0 Å². The summed E-state index contributed by atoms with van der Waals surface area (Å²) in [5.41, 5.74) is 1.02. The number of carbonyl (C=O) groups excluding carboxylic acids is 2. The number of para-hydroxylation sites is 1. The van der Waals surface area contributed by atoms with Crippen LogP contribution in [0.5, 0.6) is 0 Å². The average molecular weight is 415 g/mol. The highest BCUT2D eigenvalue weighted by Gasteiger charge is 2.15. The van der Waals surface area contributed by atoms with Crippen LogP contribution in [0.25, 0.3) is 0 Å². The van der Waals surface area contributed by atoms with Crippen LogP contribution >= 0.6 is 23.4 Å². The number of hydrogen-bond donors (Lipinski definition) is 3. The highest BCUT2D eigenvalue weighted by atomic mass is 35.5. The molecule has 0 bridgehead atoms. The number of benzene rings is 2. The highest BCUT2D eigenvalue weighted by molar-refractivity contribution is 7.99. The first-order valence-electron chi connectivity index (χ1n) is 8.04. The number of hydrogen-bond acceptors (Lipinski definition) is 3. The summed E-state index contributed by atoms with van der Waals surface area (Å²) in [7, 11) is 1.72. The Morgan fingerprint density at radius 3 is 2.22 bits per heavy atom. The number of anilines is 2. The largest absolute Gasteiger partial charge is 0.322 e. The first-order valence-corrected chi connectivity index (χ1v) is 9.29. The molecule has 0 saturated heterocycles. The number of alkyl halides is 2. The van der Waals surface area contributed by atoms with E-state index in [1.54, 1.807) is 43.4 Å². The van der Waals surface area contributed by atoms with Crippen LogP contribution in [0.15, 0.2) is 53.4 Å². The molecule has 0 aliphatic heterocycles. The number of likely N-dealkylation sites (N-methyl/N-ethyl adjacent to an activating group) is 1. The van der Waals surface area contributed by atoms with E-state index in [9.17, 15) is 18.4 Å². The van der Waals surface area contributed by atoms with Gasteiger partial charge in [-0.25, -0.2) is 0 Å². The molecule has 0 aromatic heterocycles. The fourth-order valence-electron chi connectivity index (χ4n) is 2.29. The maximum atomic E-state index is 12.3. The van der Waals surface area contributed by atoms with E-state index in [-0.39, 0.29) is 24.9 Å². The van der Waals surface area contributed by atoms with Crippen molar-refractivity contribution in [3.8, 4) is 0 Å². The second-order valence-electron chi connectivity index (χ2n) is 5.79. The summed E-state index contributed by atoms with van der Waals surface area (Å²) in [4.78, 5) is 25.2. The Bertz CT molecular complexity index is 790. The SMILES string of the molecule is C[NH+](CC(=O)Nc1ccc(SC(F)F)cc1)CC(=O)Nc1ccccc1Cl. The molecule has 2 rings (SSSR count). The Balaban J connectivity index is 1.79. The molecule has 1 atom stereocenters. The molecule has 0 fully saturated rings. The topological polar surface area (TPSA) is 62.6 Å². The van der Waals surface area contributed by atoms with Crippen LogP contribution < -0.4 is 15.5 Å². The second-order valence-corrected chi connectivity index (χ2v) is 7.26. The van der Waals surface area contributed by atoms with Gasteiger partial charge in [0.05, 0.1) is 17.8 Å². The molecule has 0 heterocycles. The van der Waals surface area contributed by atoms with E-state index in [0.29, 0.717) is 38.0 Å². The summed E-state index contributed by atoms with van der Waals surface area (Å²) in [5.74, 6) is -3.03. The van der Waals surface area contributed by atoms with E-state index in [0.717, 1.165) is 0 Å². The van der Waals surface area contributed by atoms with Crippen molar-refractivity contribution < 1.29 is 23.3 Å². The fourth-order valence-corrected chi connectivity index (χ4v) is 2.97. The zero-order chi connectivity index (χ0) is 19.8. The Morgan fingerprint density at radius 1 is 1.04 bits per heavy atom. The lowest BCUT2D eigenvalue weighted by atomic mass is 10.3. The fraction of sp³-hybridized carbons (Fsp3) is 0.222. The minimum absolute atomic E-state index is 0.0729. The molecule has 27 heavy (non-hydrogen) atoms. The van der Waals surface area contributed by atoms with Crippen LogP contribution in [0, 0.1) is 0 Å². The van der Waals surface area contributed by atoms with Gasteiger partial charge in [-0.1, -0.05) is 35.5 Å². The minimum Gasteiger partial charge on any atom is -0.322 e. The standard InChI is InChI=1S/C18H18ClF2N3O2S/c1-24(11-17(26)23-15-5-3-2-4-14(15)19)10-16(25)22-12-6-8-13(9-7-12)27-18(20)21/h2-9,18H,10-11H2,1H3,(H,22,25)(H,23,26)/p+1. The summed E-state index contributed by atoms with van der Waals surface area (Å²) in [6.07, 6.45) is 0. The number of rotatable bonds is 8. The number of thioether (sulfide) groups is 1. The highest BCUT2D eigenvalue weighted by Crippen LogP contribution is 2.26. The molecular formula is C18H19ClF2N3O2S+. The lowest BCUT2D eigenvalue weighted by Crippen LogP contribution is -3.11. The van der Waals surface area contributed by atoms with E-state index in [4.69, 9.17) is 11.6 Å². The van der Waals surface area contributed by atoms with Gasteiger partial charge in [0.1, 0.15) is 0 Å². The van der Waals surface area contributed by atoms with Gasteiger partial charge in [0, 0.05) is 10.6 Å². The molecule has 9 heteroatoms. The lowest BCUT2D eigenvalue weighted by molar-refractivity contribution is -0.862. The molecule has 0 saturated carbocycles. The summed E-state index contributed by atoms with van der Waals surface area (Å²) in [6.45, 7) is 0.159. The molecule has 0 aliphatic carbocycles. The molecule has 5 nitrogen and oxygen atoms in total. The Morgan fingerprint density at radius 2 is 1.63 bits per heavy atom. The predicted octanol–water partition coefficient (Wildman–Crippen LogP) is 2.75. The van der Waals surface area contributed by atoms with Crippen LogP contribution in [-0.4, -0.2) is 37.7 Å². The summed E-state index contributed by atoms with van der Waals surface area (Å²) in [5, 5.41) is 5.81. The Kier molecular flexibility index (Phi) is 8.02. The van der Waals surface area contributed by atoms with E-state index >= 15 is 0 Å². The molecular weight excluding hydrogens is 396 g/mol. The van der Waals surface area contributed by atoms with Gasteiger partial charge in [0.15, 0.2) is 13.1 Å². The van der Waals surface area contributed by atoms with Crippen LogP contribution in [-0.2, 0) is 9.59 Å². The molecule has 0 aliphatic rings. The van der Waals surface area contributed by atoms with Crippen LogP contribution in [0.1, 0.15) is 0 Å². The van der Waals surface area contributed by atoms with Gasteiger partial charge in [-0.05, 0) is 36.4 Å². The van der Waals surface area contributed by atoms with Crippen molar-refractivity contribution >= 4 is 46.6 Å². The van der Waals surface area contributed by atoms with Gasteiger partial charge in [-0.2, -0.15) is 8.78 Å². The first kappa shape index (κ1) is 21.1. The first-order chi connectivity index (χ1) is 12.8. The maximum absolute atomic E-state index is 12.3. The molecule has 1 unspecified atom stereocenters. The third-order valence-electron chi connectivity index (χ3n) is 3.44. The molecule has 2 aromatic rings. The third-order valence-corrected chi connectivity index (χ3v) is 4.49. The average Bonchev–Trinajstić information content (AvgIpc) is 2.58. The number of halogens is 3. The van der Waals surface area contributed by atoms with Crippen LogP contribution in [0.3, 0.4) is 0 Å². The number of nitrogens with one attached hydrogen (secondary N) is 3. The van der Waals surface area contributed by atoms with Crippen molar-refractivity contribution in [1.29, 1.82) is 0 Å². The van der Waals surface area contributed by atoms with E-state index in [1.807, 2.05) is 0 Å². The van der Waals surface area contributed by atoms with E-state index in [1.165, 1.54) is 12.1 Å². The molecule has 0 radical (unpaired) electrons. The molecule has 2 aromatic carbocycles. The summed E-state index contributed by atoms with van der Waals surface area (Å²) < 4.78 is 24.6. The zero-order valence-electron chi connectivity index (χ0n) is 14.5. The summed E-state index contributed by atoms with van der Waals surface area (Å²) >= 11 is 6.43. The van der Waals surface area contributed by atoms with Crippen LogP contribution in [0.2, 0.25) is 5.02 Å². The molecule has 2 amide bonds. The van der Waals surface area contributed by atoms with E-state index < -0.39 is 5.76 Å². The van der Waals surface area contributed by atoms with Crippen LogP contribution in [0.4, 0.5) is 20.2 Å². The monoisotopic (exact) mass is 414 g/mol. The smallest absolute Gasteiger partial charge is 0.288 e. The van der Waals surface area contributed by atoms with Gasteiger partial charge in [0.25, 0.3) is 17.6 Å². The van der Waals surface area contributed by atoms with Gasteiger partial charge < -0.3 is 15.5 Å². The Hall–Kier alpha value is -2.16. The molecule has 3 N–H and O–H groups in total. The molecule has 144 valence electrons. The number of quaternary nitrogens is 1. The van der Waals surface area contributed by atoms with Gasteiger partial charge in [0.2, 0.25) is 0 Å². The zero-order valence-corrected chi connectivity index (χ0v) is 16.0. The quantitative estimate of drug-likeness (QED) is 0.582.